The molecule has 30 nitrogen and oxygen atoms in total. The molecule has 6 unspecified atom stereocenters. The molecule has 0 bridgehead atoms. The van der Waals surface area contributed by atoms with Crippen molar-refractivity contribution in [3.63, 3.8) is 0 Å². The predicted molar refractivity (Wildman–Crippen MR) is 380 cm³/mol. The van der Waals surface area contributed by atoms with E-state index in [1.54, 1.807) is 67.9 Å². The van der Waals surface area contributed by atoms with E-state index in [-0.39, 0.29) is 97.2 Å². The fourth-order valence-electron chi connectivity index (χ4n) is 8.50. The van der Waals surface area contributed by atoms with E-state index in [0.717, 1.165) is 11.8 Å². The van der Waals surface area contributed by atoms with Crippen molar-refractivity contribution in [2.45, 2.75) is 125 Å². The molecule has 4 aromatic rings. The van der Waals surface area contributed by atoms with E-state index >= 15 is 0 Å². The van der Waals surface area contributed by atoms with Crippen LogP contribution in [0.15, 0.2) is 106 Å². The van der Waals surface area contributed by atoms with E-state index in [1.165, 1.54) is 35.2 Å². The minimum Gasteiger partial charge on any atom is -0.481 e. The SMILES string of the molecule is C=CP(C)(=O)CCCC(=O)NCCNc1cccc2c(S(=O)(=O)O)cccc12.CC.CP(=O)(C=CSCC(NC(=O)CCC(N)C(=O)O)C(=O)CCC(=O)O)CCCC(=O)NCCNc1cccc2c(S(=O)(=O)O)cccc12.NC(CCC(=O)NC(CS)C(=O)CCC(=O)O)C(=O)O. The Balaban J connectivity index is 0.000000808. The van der Waals surface area contributed by atoms with Gasteiger partial charge in [-0.1, -0.05) is 69.0 Å². The monoisotopic (exact) mass is 1490 g/mol. The molecule has 16 N–H and O–H groups in total. The molecule has 0 aliphatic carbocycles. The molecule has 0 radical (unpaired) electrons. The summed E-state index contributed by atoms with van der Waals surface area (Å²) in [5.74, 6) is -4.17. The first-order valence-corrected chi connectivity index (χ1v) is 40.0. The van der Waals surface area contributed by atoms with Crippen molar-refractivity contribution in [2.75, 3.05) is 74.0 Å². The van der Waals surface area contributed by atoms with E-state index in [2.05, 4.69) is 51.1 Å². The van der Waals surface area contributed by atoms with Gasteiger partial charge in [0.1, 0.15) is 36.2 Å². The highest BCUT2D eigenvalue weighted by Gasteiger charge is 2.25. The molecule has 4 rings (SSSR count). The Morgan fingerprint density at radius 1 is 0.541 bits per heavy atom. The molecule has 4 aromatic carbocycles. The number of benzene rings is 4. The Labute approximate surface area is 579 Å². The molecule has 544 valence electrons. The maximum Gasteiger partial charge on any atom is 0.320 e. The van der Waals surface area contributed by atoms with Crippen molar-refractivity contribution in [1.29, 1.82) is 0 Å². The van der Waals surface area contributed by atoms with Gasteiger partial charge in [0, 0.05) is 121 Å². The van der Waals surface area contributed by atoms with Crippen LogP contribution in [0.5, 0.6) is 0 Å². The zero-order valence-electron chi connectivity index (χ0n) is 54.8. The highest BCUT2D eigenvalue weighted by Crippen LogP contribution is 2.45. The lowest BCUT2D eigenvalue weighted by Crippen LogP contribution is -2.43. The summed E-state index contributed by atoms with van der Waals surface area (Å²) >= 11 is 5.01. The van der Waals surface area contributed by atoms with Crippen molar-refractivity contribution in [3.8, 4) is 0 Å². The van der Waals surface area contributed by atoms with Gasteiger partial charge in [0.05, 0.1) is 24.9 Å². The summed E-state index contributed by atoms with van der Waals surface area (Å²) in [5.41, 5.74) is 12.0. The number of rotatable bonds is 42. The van der Waals surface area contributed by atoms with Gasteiger partial charge in [0.2, 0.25) is 23.6 Å². The third-order valence-corrected chi connectivity index (χ3v) is 21.0. The highest BCUT2D eigenvalue weighted by molar-refractivity contribution is 8.02. The number of thiol groups is 1. The van der Waals surface area contributed by atoms with Crippen LogP contribution in [-0.2, 0) is 77.3 Å². The fourth-order valence-corrected chi connectivity index (χ4v) is 14.1. The van der Waals surface area contributed by atoms with Crippen LogP contribution < -0.4 is 43.4 Å². The molecule has 0 spiro atoms. The Kier molecular flexibility index (Phi) is 40.8. The lowest BCUT2D eigenvalue weighted by molar-refractivity contribution is -0.140. The zero-order valence-corrected chi connectivity index (χ0v) is 59.9. The number of carbonyl (C=O) groups is 10. The molecule has 0 saturated carbocycles. The molecule has 6 atom stereocenters. The maximum absolute atomic E-state index is 13.0. The lowest BCUT2D eigenvalue weighted by atomic mass is 10.1. The summed E-state index contributed by atoms with van der Waals surface area (Å²) in [4.78, 5) is 114. The maximum atomic E-state index is 13.0. The van der Waals surface area contributed by atoms with Crippen LogP contribution in [0.25, 0.3) is 21.5 Å². The first kappa shape index (κ1) is 88.5. The van der Waals surface area contributed by atoms with Gasteiger partial charge in [-0.15, -0.1) is 11.8 Å². The van der Waals surface area contributed by atoms with Gasteiger partial charge in [-0.05, 0) is 80.3 Å². The third-order valence-electron chi connectivity index (χ3n) is 13.8. The number of nitrogens with two attached hydrogens (primary N) is 2. The number of hydrogen-bond donors (Lipinski definition) is 15. The van der Waals surface area contributed by atoms with Crippen LogP contribution in [0.1, 0.15) is 90.9 Å². The number of amides is 4. The van der Waals surface area contributed by atoms with Crippen molar-refractivity contribution in [1.82, 2.24) is 21.3 Å². The molecule has 4 amide bonds. The summed E-state index contributed by atoms with van der Waals surface area (Å²) in [5, 5.41) is 55.1. The third kappa shape index (κ3) is 35.8. The van der Waals surface area contributed by atoms with Crippen molar-refractivity contribution in [2.24, 2.45) is 11.5 Å². The predicted octanol–water partition coefficient (Wildman–Crippen LogP) is 6.29. The van der Waals surface area contributed by atoms with Crippen LogP contribution in [-0.4, -0.2) is 193 Å². The van der Waals surface area contributed by atoms with Crippen molar-refractivity contribution >= 4 is 151 Å². The molecule has 98 heavy (non-hydrogen) atoms. The number of ketones is 2. The lowest BCUT2D eigenvalue weighted by Gasteiger charge is -2.17. The number of nitrogens with one attached hydrogen (secondary N) is 6. The second kappa shape index (κ2) is 45.2. The number of carbonyl (C=O) groups excluding carboxylic acids is 6. The summed E-state index contributed by atoms with van der Waals surface area (Å²) in [7, 11) is -13.8. The van der Waals surface area contributed by atoms with Crippen molar-refractivity contribution in [3.05, 3.63) is 96.4 Å². The summed E-state index contributed by atoms with van der Waals surface area (Å²) in [6.07, 6.45) is 0.194. The molecule has 0 fully saturated rings. The fraction of sp³-hybridized carbons (Fsp3) is 0.452. The van der Waals surface area contributed by atoms with Gasteiger partial charge < -0.3 is 72.9 Å². The number of thioether (sulfide) groups is 1. The molecular formula is C62H90N8O22P2S4. The first-order valence-electron chi connectivity index (χ1n) is 30.6. The summed E-state index contributed by atoms with van der Waals surface area (Å²) < 4.78 is 90.1. The molecular weight excluding hydrogens is 1400 g/mol. The average molecular weight is 1490 g/mol. The minimum absolute atomic E-state index is 0.0303. The molecule has 0 aliphatic heterocycles. The van der Waals surface area contributed by atoms with Crippen LogP contribution in [0.2, 0.25) is 0 Å². The Bertz CT molecular complexity index is 3770. The Morgan fingerprint density at radius 2 is 0.918 bits per heavy atom. The van der Waals surface area contributed by atoms with Gasteiger partial charge in [-0.2, -0.15) is 29.5 Å². The van der Waals surface area contributed by atoms with Crippen LogP contribution in [0.3, 0.4) is 0 Å². The number of Topliss-reactive ketones (excluding diaryl/α,β-unsaturated/α-hetero) is 2. The summed E-state index contributed by atoms with van der Waals surface area (Å²) in [6, 6.07) is 15.0. The highest BCUT2D eigenvalue weighted by atomic mass is 32.2. The van der Waals surface area contributed by atoms with Gasteiger partial charge in [0.15, 0.2) is 11.6 Å². The second-order valence-electron chi connectivity index (χ2n) is 21.7. The average Bonchev–Trinajstić information content (AvgIpc) is 0.796. The van der Waals surface area contributed by atoms with E-state index in [1.807, 2.05) is 13.8 Å². The van der Waals surface area contributed by atoms with Crippen molar-refractivity contribution < 1.29 is 103 Å². The quantitative estimate of drug-likeness (QED) is 0.0100. The number of fused-ring (bicyclic) bond motifs is 2. The Hall–Kier alpha value is -7.52. The van der Waals surface area contributed by atoms with E-state index in [4.69, 9.17) is 31.9 Å². The van der Waals surface area contributed by atoms with E-state index in [9.17, 15) is 83.0 Å². The summed E-state index contributed by atoms with van der Waals surface area (Å²) in [6.45, 7) is 12.2. The van der Waals surface area contributed by atoms with E-state index in [0.29, 0.717) is 78.0 Å². The molecule has 0 saturated heterocycles. The number of anilines is 2. The van der Waals surface area contributed by atoms with Gasteiger partial charge in [-0.25, -0.2) is 0 Å². The van der Waals surface area contributed by atoms with Gasteiger partial charge in [0.25, 0.3) is 20.2 Å². The molecule has 0 aromatic heterocycles. The van der Waals surface area contributed by atoms with Crippen LogP contribution in [0.4, 0.5) is 11.4 Å². The second-order valence-corrected chi connectivity index (χ2v) is 32.1. The first-order chi connectivity index (χ1) is 45.9. The topological polar surface area (TPSA) is 519 Å². The molecule has 0 aliphatic rings. The van der Waals surface area contributed by atoms with Gasteiger partial charge in [-0.3, -0.25) is 57.1 Å². The van der Waals surface area contributed by atoms with Crippen LogP contribution >= 0.6 is 38.7 Å². The number of aliphatic carboxylic acids is 4. The number of carboxylic acids is 4. The normalized spacial score (nSPS) is 13.6. The number of carboxylic acid groups (broad SMARTS) is 4. The zero-order chi connectivity index (χ0) is 74.4. The van der Waals surface area contributed by atoms with Gasteiger partial charge >= 0.3 is 23.9 Å². The minimum atomic E-state index is -4.40. The molecule has 36 heteroatoms. The van der Waals surface area contributed by atoms with Crippen LogP contribution in [0, 0.1) is 0 Å². The number of hydrogen-bond acceptors (Lipinski definition) is 22. The smallest absolute Gasteiger partial charge is 0.320 e. The largest absolute Gasteiger partial charge is 0.481 e. The standard InChI is InChI=1S/C30H41N4O11PS2.C19H25N2O5PS.C11H18N2O6S.C2H6/c1-46(42,17-18-47-19-24(25(35)11-13-29(38)39)34-28(37)12-10-22(31)30(40)41)16-4-9-27(36)33-15-14-32-23-7-2-6-21-20(23)5-3-8-26(21)48(43,44)45;1-3-27(2,23)14-6-11-19(22)21-13-12-20-17-9-4-8-16-15(17)7-5-10-18(16)28(24,25)26;12-6(11(18)19)1-3-9(15)13-7(5-20)8(14)2-4-10(16)17;1-2/h2-3,5-8,17-18,22,24,32H,4,9-16,19,31H2,1H3,(H,33,36)(H,34,37)(H,38,39)(H,40,41)(H,43,44,45);3-5,7-10,20H,1,6,11-14H2,2H3,(H,21,22)(H,24,25,26);6-7,20H,1-5,12H2,(H,13,15)(H,16,17)(H,18,19);1-2H3. The van der Waals surface area contributed by atoms with E-state index < -0.39 is 112 Å². The molecule has 0 heterocycles. The Morgan fingerprint density at radius 3 is 1.30 bits per heavy atom.